The molecule has 5 unspecified atom stereocenters. The highest BCUT2D eigenvalue weighted by Crippen LogP contribution is 2.47. The van der Waals surface area contributed by atoms with Crippen molar-refractivity contribution < 1.29 is 15.2 Å². The van der Waals surface area contributed by atoms with Gasteiger partial charge in [0.05, 0.1) is 12.2 Å². The van der Waals surface area contributed by atoms with Crippen molar-refractivity contribution in [2.24, 2.45) is 11.8 Å². The average Bonchev–Trinajstić information content (AvgIpc) is 3.37. The van der Waals surface area contributed by atoms with Crippen molar-refractivity contribution in [2.45, 2.75) is 37.8 Å². The maximum atomic E-state index is 13.5. The monoisotopic (exact) mass is 476 g/mol. The van der Waals surface area contributed by atoms with E-state index in [0.717, 1.165) is 29.1 Å². The fourth-order valence-electron chi connectivity index (χ4n) is 6.36. The predicted octanol–water partition coefficient (Wildman–Crippen LogP) is 0.498. The number of aromatic nitrogens is 3. The number of quaternary nitrogens is 1. The van der Waals surface area contributed by atoms with Crippen LogP contribution in [0.25, 0.3) is 0 Å². The molecule has 2 aromatic heterocycles. The smallest absolute Gasteiger partial charge is 0.250 e. The van der Waals surface area contributed by atoms with Gasteiger partial charge in [-0.1, -0.05) is 6.07 Å². The number of fused-ring (bicyclic) bond motifs is 8. The summed E-state index contributed by atoms with van der Waals surface area (Å²) >= 11 is 0. The van der Waals surface area contributed by atoms with Crippen LogP contribution in [-0.2, 0) is 24.2 Å². The summed E-state index contributed by atoms with van der Waals surface area (Å²) in [6.45, 7) is 1.77. The second-order valence-corrected chi connectivity index (χ2v) is 9.81. The third kappa shape index (κ3) is 3.83. The van der Waals surface area contributed by atoms with Gasteiger partial charge in [-0.05, 0) is 36.5 Å². The standard InChI is InChI=1S/C25H28N6O4/c32-23-3-1-2-21-16-8-17(13-29(21)23)24-20(25(33)27-7-6-18-11-26-14-28-18)10-15-9-19(31(34)35)4-5-22(15)30(24)12-16/h1-5,9,11,14,16-17,20,24,31,34H,6-8,10,12-13H2,(H,26,28)(H,27,33). The minimum absolute atomic E-state index is 0.00789. The molecule has 182 valence electrons. The van der Waals surface area contributed by atoms with Crippen LogP contribution in [0.2, 0.25) is 0 Å². The van der Waals surface area contributed by atoms with Crippen molar-refractivity contribution in [3.63, 3.8) is 0 Å². The van der Waals surface area contributed by atoms with Crippen molar-refractivity contribution in [1.29, 1.82) is 0 Å². The molecule has 1 fully saturated rings. The molecule has 3 aliphatic heterocycles. The molecule has 5 atom stereocenters. The Balaban J connectivity index is 1.34. The molecule has 35 heavy (non-hydrogen) atoms. The second kappa shape index (κ2) is 8.63. The number of anilines is 1. The van der Waals surface area contributed by atoms with Gasteiger partial charge < -0.3 is 25.0 Å². The number of hydrogen-bond donors (Lipinski definition) is 4. The van der Waals surface area contributed by atoms with Gasteiger partial charge in [0, 0.05) is 79.5 Å². The van der Waals surface area contributed by atoms with E-state index in [1.807, 2.05) is 22.8 Å². The molecule has 2 bridgehead atoms. The lowest BCUT2D eigenvalue weighted by Gasteiger charge is -2.54. The van der Waals surface area contributed by atoms with Gasteiger partial charge in [0.1, 0.15) is 0 Å². The van der Waals surface area contributed by atoms with E-state index in [4.69, 9.17) is 0 Å². The Morgan fingerprint density at radius 1 is 1.29 bits per heavy atom. The van der Waals surface area contributed by atoms with Crippen molar-refractivity contribution >= 4 is 17.3 Å². The van der Waals surface area contributed by atoms with Gasteiger partial charge in [-0.15, -0.1) is 0 Å². The molecular formula is C25H28N6O4. The maximum absolute atomic E-state index is 13.5. The number of hydrogen-bond acceptors (Lipinski definition) is 6. The highest BCUT2D eigenvalue weighted by molar-refractivity contribution is 5.82. The molecule has 3 aromatic rings. The first kappa shape index (κ1) is 22.0. The van der Waals surface area contributed by atoms with Crippen LogP contribution in [0.15, 0.2) is 53.7 Å². The van der Waals surface area contributed by atoms with Crippen LogP contribution in [0.5, 0.6) is 0 Å². The number of pyridine rings is 1. The van der Waals surface area contributed by atoms with E-state index in [1.54, 1.807) is 30.7 Å². The van der Waals surface area contributed by atoms with Crippen LogP contribution in [0.3, 0.4) is 0 Å². The number of carbonyl (C=O) groups excluding carboxylic acids is 1. The van der Waals surface area contributed by atoms with Crippen LogP contribution in [0.4, 0.5) is 11.4 Å². The summed E-state index contributed by atoms with van der Waals surface area (Å²) < 4.78 is 1.88. The number of aromatic amines is 1. The zero-order valence-electron chi connectivity index (χ0n) is 19.2. The summed E-state index contributed by atoms with van der Waals surface area (Å²) in [6, 6.07) is 10.6. The molecule has 1 amide bonds. The summed E-state index contributed by atoms with van der Waals surface area (Å²) in [5.74, 6) is -0.0270. The predicted molar refractivity (Wildman–Crippen MR) is 127 cm³/mol. The van der Waals surface area contributed by atoms with Crippen LogP contribution in [0.1, 0.15) is 29.3 Å². The van der Waals surface area contributed by atoms with Gasteiger partial charge >= 0.3 is 0 Å². The number of carbonyl (C=O) groups is 1. The highest BCUT2D eigenvalue weighted by Gasteiger charge is 2.49. The Labute approximate surface area is 201 Å². The lowest BCUT2D eigenvalue weighted by atomic mass is 9.70. The lowest BCUT2D eigenvalue weighted by Crippen LogP contribution is -2.99. The summed E-state index contributed by atoms with van der Waals surface area (Å²) in [5, 5.41) is 23.3. The molecule has 6 rings (SSSR count). The number of piperidine rings is 1. The van der Waals surface area contributed by atoms with Crippen molar-refractivity contribution in [1.82, 2.24) is 19.9 Å². The zero-order valence-corrected chi connectivity index (χ0v) is 19.2. The van der Waals surface area contributed by atoms with Gasteiger partial charge in [-0.25, -0.2) is 10.2 Å². The van der Waals surface area contributed by atoms with Crippen LogP contribution in [-0.4, -0.2) is 44.8 Å². The molecule has 1 aromatic carbocycles. The van der Waals surface area contributed by atoms with E-state index in [0.29, 0.717) is 32.5 Å². The molecule has 10 heteroatoms. The van der Waals surface area contributed by atoms with Crippen molar-refractivity contribution in [3.8, 4) is 0 Å². The summed E-state index contributed by atoms with van der Waals surface area (Å²) in [4.78, 5) is 35.5. The first-order valence-electron chi connectivity index (χ1n) is 12.1. The molecule has 10 nitrogen and oxygen atoms in total. The molecule has 0 radical (unpaired) electrons. The van der Waals surface area contributed by atoms with Gasteiger partial charge in [-0.3, -0.25) is 9.59 Å². The van der Waals surface area contributed by atoms with E-state index in [1.165, 1.54) is 0 Å². The van der Waals surface area contributed by atoms with E-state index < -0.39 is 5.23 Å². The van der Waals surface area contributed by atoms with Gasteiger partial charge in [0.2, 0.25) is 5.91 Å². The number of rotatable bonds is 5. The third-order valence-corrected chi connectivity index (χ3v) is 7.84. The summed E-state index contributed by atoms with van der Waals surface area (Å²) in [7, 11) is 0. The highest BCUT2D eigenvalue weighted by atomic mass is 16.8. The average molecular weight is 477 g/mol. The fraction of sp³-hybridized carbons (Fsp3) is 0.400. The quantitative estimate of drug-likeness (QED) is 0.397. The molecule has 1 saturated heterocycles. The number of nitrogens with zero attached hydrogens (tertiary/aromatic N) is 3. The van der Waals surface area contributed by atoms with Crippen LogP contribution in [0, 0.1) is 17.0 Å². The first-order chi connectivity index (χ1) is 17.0. The number of amides is 1. The van der Waals surface area contributed by atoms with Gasteiger partial charge in [0.15, 0.2) is 5.69 Å². The Kier molecular flexibility index (Phi) is 5.43. The van der Waals surface area contributed by atoms with Gasteiger partial charge in [0.25, 0.3) is 5.56 Å². The fourth-order valence-corrected chi connectivity index (χ4v) is 6.36. The minimum Gasteiger partial charge on any atom is -0.595 e. The minimum atomic E-state index is -0.973. The SMILES string of the molecule is O=C(NCCc1cnc[nH]1)C1Cc2cc([NH+]([O-])O)ccc2N2CC3CC(Cn4c3cccc4=O)C12. The van der Waals surface area contributed by atoms with E-state index in [2.05, 4.69) is 20.2 Å². The van der Waals surface area contributed by atoms with Gasteiger partial charge in [-0.2, -0.15) is 5.23 Å². The second-order valence-electron chi connectivity index (χ2n) is 9.81. The molecule has 5 heterocycles. The molecule has 3 aliphatic rings. The molecule has 0 saturated carbocycles. The number of nitrogens with one attached hydrogen (secondary N) is 3. The Bertz CT molecular complexity index is 1300. The topological polar surface area (TPSA) is 131 Å². The molecule has 4 N–H and O–H groups in total. The molecular weight excluding hydrogens is 448 g/mol. The maximum Gasteiger partial charge on any atom is 0.250 e. The first-order valence-corrected chi connectivity index (χ1v) is 12.1. The van der Waals surface area contributed by atoms with E-state index in [9.17, 15) is 20.0 Å². The Morgan fingerprint density at radius 2 is 2.17 bits per heavy atom. The third-order valence-electron chi connectivity index (χ3n) is 7.84. The molecule has 0 aliphatic carbocycles. The van der Waals surface area contributed by atoms with Crippen LogP contribution < -0.4 is 21.0 Å². The normalized spacial score (nSPS) is 25.3. The van der Waals surface area contributed by atoms with Crippen molar-refractivity contribution in [3.05, 3.63) is 81.4 Å². The summed E-state index contributed by atoms with van der Waals surface area (Å²) in [6.07, 6.45) is 5.43. The zero-order chi connectivity index (χ0) is 24.1. The largest absolute Gasteiger partial charge is 0.595 e. The van der Waals surface area contributed by atoms with Crippen molar-refractivity contribution in [2.75, 3.05) is 18.0 Å². The van der Waals surface area contributed by atoms with E-state index in [-0.39, 0.29) is 40.9 Å². The number of imidazole rings is 1. The summed E-state index contributed by atoms with van der Waals surface area (Å²) in [5.41, 5.74) is 4.13. The Hall–Kier alpha value is -3.47. The van der Waals surface area contributed by atoms with E-state index >= 15 is 0 Å². The number of benzene rings is 1. The van der Waals surface area contributed by atoms with Crippen LogP contribution >= 0.6 is 0 Å². The lowest BCUT2D eigenvalue weighted by molar-refractivity contribution is -0.991. The Morgan fingerprint density at radius 3 is 2.97 bits per heavy atom. The molecule has 0 spiro atoms. The number of H-pyrrole nitrogens is 1.